The zero-order valence-corrected chi connectivity index (χ0v) is 11.6. The molecule has 0 saturated carbocycles. The lowest BCUT2D eigenvalue weighted by Gasteiger charge is -2.22. The fourth-order valence-corrected chi connectivity index (χ4v) is 1.52. The molecule has 0 aromatic rings. The van der Waals surface area contributed by atoms with E-state index in [1.807, 2.05) is 0 Å². The van der Waals surface area contributed by atoms with Crippen molar-refractivity contribution in [3.8, 4) is 0 Å². The second-order valence-electron chi connectivity index (χ2n) is 4.19. The van der Waals surface area contributed by atoms with Crippen LogP contribution in [0.4, 0.5) is 0 Å². The van der Waals surface area contributed by atoms with Gasteiger partial charge in [-0.05, 0) is 18.5 Å². The Balaban J connectivity index is 3.81. The van der Waals surface area contributed by atoms with E-state index >= 15 is 0 Å². The van der Waals surface area contributed by atoms with Crippen LogP contribution in [-0.4, -0.2) is 65.1 Å². The Morgan fingerprint density at radius 3 is 2.24 bits per heavy atom. The molecule has 0 unspecified atom stereocenters. The third kappa shape index (κ3) is 10.5. The predicted molar refractivity (Wildman–Crippen MR) is 72.5 cm³/mol. The first-order valence-corrected chi connectivity index (χ1v) is 6.32. The first-order valence-electron chi connectivity index (χ1n) is 6.32. The maximum atomic E-state index is 5.10. The van der Waals surface area contributed by atoms with Crippen molar-refractivity contribution < 1.29 is 9.47 Å². The third-order valence-electron chi connectivity index (χ3n) is 2.47. The van der Waals surface area contributed by atoms with Crippen molar-refractivity contribution in [2.24, 2.45) is 0 Å². The number of ether oxygens (including phenoxy) is 2. The average Bonchev–Trinajstić information content (AvgIpc) is 2.33. The first kappa shape index (κ1) is 16.6. The number of hydrogen-bond donors (Lipinski definition) is 1. The highest BCUT2D eigenvalue weighted by molar-refractivity contribution is 4.99. The van der Waals surface area contributed by atoms with Crippen molar-refractivity contribution in [2.45, 2.75) is 13.3 Å². The van der Waals surface area contributed by atoms with Gasteiger partial charge >= 0.3 is 0 Å². The number of nitrogens with zero attached hydrogens (tertiary/aromatic N) is 1. The van der Waals surface area contributed by atoms with Crippen LogP contribution < -0.4 is 5.32 Å². The average molecular weight is 244 g/mol. The molecule has 4 nitrogen and oxygen atoms in total. The Morgan fingerprint density at radius 1 is 1.18 bits per heavy atom. The van der Waals surface area contributed by atoms with E-state index in [0.29, 0.717) is 0 Å². The fourth-order valence-electron chi connectivity index (χ4n) is 1.52. The monoisotopic (exact) mass is 244 g/mol. The summed E-state index contributed by atoms with van der Waals surface area (Å²) >= 11 is 0. The van der Waals surface area contributed by atoms with Crippen molar-refractivity contribution in [1.29, 1.82) is 0 Å². The zero-order chi connectivity index (χ0) is 12.9. The quantitative estimate of drug-likeness (QED) is 0.412. The molecule has 1 N–H and O–H groups in total. The van der Waals surface area contributed by atoms with Gasteiger partial charge in [-0.15, -0.1) is 0 Å². The maximum absolute atomic E-state index is 5.10. The summed E-state index contributed by atoms with van der Waals surface area (Å²) < 4.78 is 10.2. The molecule has 4 heteroatoms. The van der Waals surface area contributed by atoms with E-state index in [1.165, 1.54) is 5.57 Å². The van der Waals surface area contributed by atoms with Gasteiger partial charge < -0.3 is 14.8 Å². The van der Waals surface area contributed by atoms with Gasteiger partial charge in [0.25, 0.3) is 0 Å². The summed E-state index contributed by atoms with van der Waals surface area (Å²) in [6.45, 7) is 12.5. The van der Waals surface area contributed by atoms with E-state index in [0.717, 1.165) is 52.4 Å². The molecule has 0 aliphatic rings. The molecule has 0 radical (unpaired) electrons. The van der Waals surface area contributed by atoms with Crippen LogP contribution in [-0.2, 0) is 9.47 Å². The highest BCUT2D eigenvalue weighted by Crippen LogP contribution is 1.96. The van der Waals surface area contributed by atoms with Crippen LogP contribution in [0, 0.1) is 0 Å². The molecule has 0 aromatic heterocycles. The number of methoxy groups -OCH3 is 2. The van der Waals surface area contributed by atoms with Gasteiger partial charge in [0.15, 0.2) is 0 Å². The van der Waals surface area contributed by atoms with E-state index in [9.17, 15) is 0 Å². The topological polar surface area (TPSA) is 33.7 Å². The minimum atomic E-state index is 0.749. The highest BCUT2D eigenvalue weighted by Gasteiger charge is 2.06. The summed E-state index contributed by atoms with van der Waals surface area (Å²) in [6.07, 6.45) is 1.16. The number of hydrogen-bond acceptors (Lipinski definition) is 4. The van der Waals surface area contributed by atoms with Crippen LogP contribution in [0.2, 0.25) is 0 Å². The van der Waals surface area contributed by atoms with Gasteiger partial charge in [0.05, 0.1) is 13.2 Å². The van der Waals surface area contributed by atoms with Gasteiger partial charge in [-0.2, -0.15) is 0 Å². The lowest BCUT2D eigenvalue weighted by atomic mass is 10.2. The molecular formula is C13H28N2O2. The van der Waals surface area contributed by atoms with E-state index in [-0.39, 0.29) is 0 Å². The van der Waals surface area contributed by atoms with Crippen LogP contribution in [0.1, 0.15) is 13.3 Å². The summed E-state index contributed by atoms with van der Waals surface area (Å²) in [4.78, 5) is 2.31. The van der Waals surface area contributed by atoms with E-state index in [1.54, 1.807) is 14.2 Å². The second kappa shape index (κ2) is 12.0. The van der Waals surface area contributed by atoms with Crippen LogP contribution in [0.5, 0.6) is 0 Å². The van der Waals surface area contributed by atoms with Gasteiger partial charge in [-0.1, -0.05) is 13.5 Å². The molecule has 102 valence electrons. The molecule has 0 aliphatic heterocycles. The summed E-state index contributed by atoms with van der Waals surface area (Å²) in [5, 5.41) is 3.36. The molecule has 0 atom stereocenters. The van der Waals surface area contributed by atoms with E-state index in [2.05, 4.69) is 23.7 Å². The zero-order valence-electron chi connectivity index (χ0n) is 11.6. The number of nitrogens with one attached hydrogen (secondary N) is 1. The largest absolute Gasteiger partial charge is 0.383 e. The van der Waals surface area contributed by atoms with Crippen molar-refractivity contribution in [3.05, 3.63) is 12.2 Å². The molecule has 0 rings (SSSR count). The molecule has 0 aliphatic carbocycles. The van der Waals surface area contributed by atoms with Crippen LogP contribution in [0.25, 0.3) is 0 Å². The third-order valence-corrected chi connectivity index (χ3v) is 2.47. The van der Waals surface area contributed by atoms with Crippen LogP contribution in [0.3, 0.4) is 0 Å². The van der Waals surface area contributed by atoms with E-state index in [4.69, 9.17) is 9.47 Å². The van der Waals surface area contributed by atoms with Crippen LogP contribution >= 0.6 is 0 Å². The Labute approximate surface area is 106 Å². The Hall–Kier alpha value is -0.420. The van der Waals surface area contributed by atoms with Gasteiger partial charge in [-0.3, -0.25) is 4.90 Å². The lowest BCUT2D eigenvalue weighted by molar-refractivity contribution is 0.119. The van der Waals surface area contributed by atoms with Crippen molar-refractivity contribution >= 4 is 0 Å². The molecule has 0 bridgehead atoms. The minimum Gasteiger partial charge on any atom is -0.383 e. The van der Waals surface area contributed by atoms with Gasteiger partial charge in [0, 0.05) is 40.4 Å². The summed E-state index contributed by atoms with van der Waals surface area (Å²) in [5.74, 6) is 0. The standard InChI is InChI=1S/C13H28N2O2/c1-5-6-14-11-13(2)12-15(7-9-16-3)8-10-17-4/h14H,2,5-12H2,1,3-4H3. The summed E-state index contributed by atoms with van der Waals surface area (Å²) in [7, 11) is 3.46. The van der Waals surface area contributed by atoms with Crippen LogP contribution in [0.15, 0.2) is 12.2 Å². The molecule has 0 spiro atoms. The van der Waals surface area contributed by atoms with Crippen molar-refractivity contribution in [1.82, 2.24) is 10.2 Å². The van der Waals surface area contributed by atoms with Crippen molar-refractivity contribution in [3.63, 3.8) is 0 Å². The molecule has 0 heterocycles. The second-order valence-corrected chi connectivity index (χ2v) is 4.19. The SMILES string of the molecule is C=C(CNCCC)CN(CCOC)CCOC. The maximum Gasteiger partial charge on any atom is 0.0589 e. The molecule has 0 saturated heterocycles. The predicted octanol–water partition coefficient (Wildman–Crippen LogP) is 1.14. The minimum absolute atomic E-state index is 0.749. The summed E-state index contributed by atoms with van der Waals surface area (Å²) in [5.41, 5.74) is 1.21. The molecule has 0 fully saturated rings. The smallest absolute Gasteiger partial charge is 0.0589 e. The Kier molecular flexibility index (Phi) is 11.8. The molecule has 0 amide bonds. The fraction of sp³-hybridized carbons (Fsp3) is 0.846. The molecule has 17 heavy (non-hydrogen) atoms. The van der Waals surface area contributed by atoms with Gasteiger partial charge in [-0.25, -0.2) is 0 Å². The highest BCUT2D eigenvalue weighted by atomic mass is 16.5. The van der Waals surface area contributed by atoms with Crippen molar-refractivity contribution in [2.75, 3.05) is 60.2 Å². The molecular weight excluding hydrogens is 216 g/mol. The lowest BCUT2D eigenvalue weighted by Crippen LogP contribution is -2.34. The van der Waals surface area contributed by atoms with E-state index < -0.39 is 0 Å². The normalized spacial score (nSPS) is 11.1. The number of rotatable bonds is 12. The first-order chi connectivity index (χ1) is 8.24. The molecule has 0 aromatic carbocycles. The Bertz CT molecular complexity index is 178. The summed E-state index contributed by atoms with van der Waals surface area (Å²) in [6, 6.07) is 0. The Morgan fingerprint density at radius 2 is 1.76 bits per heavy atom. The van der Waals surface area contributed by atoms with Gasteiger partial charge in [0.2, 0.25) is 0 Å². The van der Waals surface area contributed by atoms with Gasteiger partial charge in [0.1, 0.15) is 0 Å².